The molecule has 6 nitrogen and oxygen atoms in total. The van der Waals surface area contributed by atoms with Crippen molar-refractivity contribution < 1.29 is 15.0 Å². The summed E-state index contributed by atoms with van der Waals surface area (Å²) in [5.41, 5.74) is 9.72. The van der Waals surface area contributed by atoms with Gasteiger partial charge < -0.3 is 15.1 Å². The van der Waals surface area contributed by atoms with E-state index in [2.05, 4.69) is 41.4 Å². The second-order valence-electron chi connectivity index (χ2n) is 7.55. The molecule has 1 aliphatic rings. The van der Waals surface area contributed by atoms with Crippen molar-refractivity contribution >= 4 is 17.8 Å². The Morgan fingerprint density at radius 1 is 0.967 bits per heavy atom. The summed E-state index contributed by atoms with van der Waals surface area (Å²) in [7, 11) is 0. The number of hydrogen-bond acceptors (Lipinski definition) is 5. The van der Waals surface area contributed by atoms with E-state index >= 15 is 0 Å². The first-order valence-electron chi connectivity index (χ1n) is 9.70. The van der Waals surface area contributed by atoms with Gasteiger partial charge in [0.1, 0.15) is 11.5 Å². The van der Waals surface area contributed by atoms with Crippen molar-refractivity contribution in [3.05, 3.63) is 88.0 Å². The third-order valence-corrected chi connectivity index (χ3v) is 5.42. The van der Waals surface area contributed by atoms with E-state index in [4.69, 9.17) is 0 Å². The fourth-order valence-corrected chi connectivity index (χ4v) is 3.57. The van der Waals surface area contributed by atoms with Crippen LogP contribution in [0.2, 0.25) is 0 Å². The van der Waals surface area contributed by atoms with Gasteiger partial charge in [-0.1, -0.05) is 12.1 Å². The van der Waals surface area contributed by atoms with E-state index in [0.29, 0.717) is 11.1 Å². The van der Waals surface area contributed by atoms with Crippen molar-refractivity contribution in [2.75, 3.05) is 4.90 Å². The molecule has 0 bridgehead atoms. The molecule has 0 radical (unpaired) electrons. The van der Waals surface area contributed by atoms with Crippen LogP contribution in [-0.2, 0) is 13.1 Å². The maximum atomic E-state index is 12.3. The number of amides is 1. The van der Waals surface area contributed by atoms with Gasteiger partial charge in [0.2, 0.25) is 0 Å². The molecule has 0 atom stereocenters. The fraction of sp³-hybridized carbons (Fsp3) is 0.167. The third kappa shape index (κ3) is 3.98. The zero-order valence-corrected chi connectivity index (χ0v) is 16.9. The average molecular weight is 401 g/mol. The number of aromatic hydroxyl groups is 2. The number of hydrogen-bond donors (Lipinski definition) is 3. The quantitative estimate of drug-likeness (QED) is 0.456. The molecule has 0 aromatic heterocycles. The molecule has 0 saturated carbocycles. The lowest BCUT2D eigenvalue weighted by atomic mass is 10.0. The molecular weight excluding hydrogens is 378 g/mol. The monoisotopic (exact) mass is 401 g/mol. The van der Waals surface area contributed by atoms with Crippen LogP contribution in [0.3, 0.4) is 0 Å². The van der Waals surface area contributed by atoms with Gasteiger partial charge in [0.15, 0.2) is 0 Å². The van der Waals surface area contributed by atoms with Crippen LogP contribution in [-0.4, -0.2) is 22.3 Å². The summed E-state index contributed by atoms with van der Waals surface area (Å²) in [5, 5.41) is 22.9. The number of nitrogens with one attached hydrogen (secondary N) is 1. The van der Waals surface area contributed by atoms with Crippen LogP contribution in [0.5, 0.6) is 11.5 Å². The largest absolute Gasteiger partial charge is 0.508 e. The molecule has 3 aromatic rings. The maximum absolute atomic E-state index is 12.3. The van der Waals surface area contributed by atoms with Crippen molar-refractivity contribution in [2.24, 2.45) is 5.10 Å². The third-order valence-electron chi connectivity index (χ3n) is 5.42. The van der Waals surface area contributed by atoms with E-state index in [9.17, 15) is 15.0 Å². The standard InChI is InChI=1S/C24H23N3O3/c1-15-9-19-13-27(14-20(19)10-16(15)2)21-6-3-17(4-7-21)24(30)26-25-12-18-5-8-22(28)11-23(18)29/h3-12,28-29H,13-14H2,1-2H3,(H,26,30)/b25-12-. The number of phenolic OH excluding ortho intramolecular Hbond substituents is 2. The molecule has 1 heterocycles. The predicted molar refractivity (Wildman–Crippen MR) is 117 cm³/mol. The summed E-state index contributed by atoms with van der Waals surface area (Å²) < 4.78 is 0. The zero-order valence-electron chi connectivity index (χ0n) is 16.9. The number of benzene rings is 3. The number of rotatable bonds is 4. The number of aryl methyl sites for hydroxylation is 2. The Morgan fingerprint density at radius 2 is 1.60 bits per heavy atom. The Balaban J connectivity index is 1.40. The lowest BCUT2D eigenvalue weighted by molar-refractivity contribution is 0.0955. The predicted octanol–water partition coefficient (Wildman–Crippen LogP) is 4.00. The first kappa shape index (κ1) is 19.5. The number of carbonyl (C=O) groups excluding carboxylic acids is 1. The van der Waals surface area contributed by atoms with E-state index in [-0.39, 0.29) is 17.4 Å². The molecule has 152 valence electrons. The van der Waals surface area contributed by atoms with Gasteiger partial charge in [-0.25, -0.2) is 5.43 Å². The van der Waals surface area contributed by atoms with E-state index < -0.39 is 0 Å². The number of phenols is 2. The summed E-state index contributed by atoms with van der Waals surface area (Å²) in [5.74, 6) is -0.499. The number of carbonyl (C=O) groups is 1. The first-order valence-corrected chi connectivity index (χ1v) is 9.70. The minimum absolute atomic E-state index is 0.0415. The fourth-order valence-electron chi connectivity index (χ4n) is 3.57. The summed E-state index contributed by atoms with van der Waals surface area (Å²) in [6, 6.07) is 16.1. The summed E-state index contributed by atoms with van der Waals surface area (Å²) >= 11 is 0. The van der Waals surface area contributed by atoms with Crippen LogP contribution < -0.4 is 10.3 Å². The van der Waals surface area contributed by atoms with Gasteiger partial charge in [0.05, 0.1) is 6.21 Å². The van der Waals surface area contributed by atoms with Gasteiger partial charge in [0.25, 0.3) is 5.91 Å². The van der Waals surface area contributed by atoms with Gasteiger partial charge in [-0.15, -0.1) is 0 Å². The van der Waals surface area contributed by atoms with E-state index in [1.54, 1.807) is 12.1 Å². The van der Waals surface area contributed by atoms with Gasteiger partial charge >= 0.3 is 0 Å². The highest BCUT2D eigenvalue weighted by atomic mass is 16.3. The molecule has 0 fully saturated rings. The van der Waals surface area contributed by atoms with Crippen LogP contribution in [0, 0.1) is 13.8 Å². The van der Waals surface area contributed by atoms with Crippen molar-refractivity contribution in [1.82, 2.24) is 5.43 Å². The van der Waals surface area contributed by atoms with Crippen LogP contribution in [0.1, 0.15) is 38.2 Å². The highest BCUT2D eigenvalue weighted by Gasteiger charge is 2.20. The van der Waals surface area contributed by atoms with Gasteiger partial charge in [-0.3, -0.25) is 4.79 Å². The van der Waals surface area contributed by atoms with Crippen LogP contribution in [0.4, 0.5) is 5.69 Å². The van der Waals surface area contributed by atoms with Gasteiger partial charge in [0, 0.05) is 36.0 Å². The molecule has 4 rings (SSSR count). The average Bonchev–Trinajstić information content (AvgIpc) is 3.12. The molecule has 1 amide bonds. The molecule has 0 saturated heterocycles. The molecule has 0 aliphatic carbocycles. The molecule has 0 spiro atoms. The molecule has 3 aromatic carbocycles. The van der Waals surface area contributed by atoms with Gasteiger partial charge in [-0.05, 0) is 72.5 Å². The number of nitrogens with zero attached hydrogens (tertiary/aromatic N) is 2. The van der Waals surface area contributed by atoms with Crippen molar-refractivity contribution in [2.45, 2.75) is 26.9 Å². The summed E-state index contributed by atoms with van der Waals surface area (Å²) in [6.07, 6.45) is 1.33. The topological polar surface area (TPSA) is 85.2 Å². The van der Waals surface area contributed by atoms with Crippen LogP contribution in [0.15, 0.2) is 59.7 Å². The van der Waals surface area contributed by atoms with E-state index in [0.717, 1.165) is 18.8 Å². The molecular formula is C24H23N3O3. The number of hydrazone groups is 1. The maximum Gasteiger partial charge on any atom is 0.271 e. The van der Waals surface area contributed by atoms with Crippen LogP contribution in [0.25, 0.3) is 0 Å². The Labute approximate surface area is 175 Å². The highest BCUT2D eigenvalue weighted by Crippen LogP contribution is 2.30. The summed E-state index contributed by atoms with van der Waals surface area (Å²) in [6.45, 7) is 6.00. The molecule has 0 unspecified atom stereocenters. The highest BCUT2D eigenvalue weighted by molar-refractivity contribution is 5.95. The Kier molecular flexibility index (Phi) is 5.14. The van der Waals surface area contributed by atoms with Crippen molar-refractivity contribution in [3.63, 3.8) is 0 Å². The van der Waals surface area contributed by atoms with E-state index in [1.807, 2.05) is 12.1 Å². The number of anilines is 1. The van der Waals surface area contributed by atoms with Crippen LogP contribution >= 0.6 is 0 Å². The van der Waals surface area contributed by atoms with Crippen molar-refractivity contribution in [3.8, 4) is 11.5 Å². The smallest absolute Gasteiger partial charge is 0.271 e. The lowest BCUT2D eigenvalue weighted by Gasteiger charge is -2.17. The second-order valence-corrected chi connectivity index (χ2v) is 7.55. The Morgan fingerprint density at radius 3 is 2.20 bits per heavy atom. The van der Waals surface area contributed by atoms with Crippen molar-refractivity contribution in [1.29, 1.82) is 0 Å². The normalized spacial score (nSPS) is 12.9. The molecule has 30 heavy (non-hydrogen) atoms. The SMILES string of the molecule is Cc1cc2c(cc1C)CN(c1ccc(C(=O)N/N=C\c3ccc(O)cc3O)cc1)C2. The minimum atomic E-state index is -0.341. The summed E-state index contributed by atoms with van der Waals surface area (Å²) in [4.78, 5) is 14.6. The lowest BCUT2D eigenvalue weighted by Crippen LogP contribution is -2.18. The molecule has 1 aliphatic heterocycles. The zero-order chi connectivity index (χ0) is 21.3. The first-order chi connectivity index (χ1) is 14.4. The molecule has 3 N–H and O–H groups in total. The minimum Gasteiger partial charge on any atom is -0.508 e. The van der Waals surface area contributed by atoms with E-state index in [1.165, 1.54) is 46.7 Å². The Hall–Kier alpha value is -3.80. The second kappa shape index (κ2) is 7.91. The van der Waals surface area contributed by atoms with Gasteiger partial charge in [-0.2, -0.15) is 5.10 Å². The number of fused-ring (bicyclic) bond motifs is 1. The Bertz CT molecular complexity index is 1110. The molecule has 6 heteroatoms.